The first-order valence-corrected chi connectivity index (χ1v) is 4.51. The number of methoxy groups -OCH3 is 1. The third kappa shape index (κ3) is 2.21. The van der Waals surface area contributed by atoms with E-state index in [4.69, 9.17) is 9.94 Å². The Balaban J connectivity index is 3.23. The van der Waals surface area contributed by atoms with Crippen molar-refractivity contribution in [3.05, 3.63) is 28.2 Å². The maximum absolute atomic E-state index is 8.62. The summed E-state index contributed by atoms with van der Waals surface area (Å²) in [7, 11) is 1.58. The summed E-state index contributed by atoms with van der Waals surface area (Å²) >= 11 is 3.33. The quantitative estimate of drug-likeness (QED) is 0.493. The van der Waals surface area contributed by atoms with Gasteiger partial charge in [-0.2, -0.15) is 0 Å². The fraction of sp³-hybridized carbons (Fsp3) is 0.222. The average Bonchev–Trinajstić information content (AvgIpc) is 2.16. The van der Waals surface area contributed by atoms with Crippen molar-refractivity contribution in [2.75, 3.05) is 7.11 Å². The lowest BCUT2D eigenvalue weighted by molar-refractivity contribution is 0.318. The van der Waals surface area contributed by atoms with E-state index >= 15 is 0 Å². The number of hydrogen-bond acceptors (Lipinski definition) is 3. The van der Waals surface area contributed by atoms with Crippen LogP contribution >= 0.6 is 15.9 Å². The van der Waals surface area contributed by atoms with Crippen LogP contribution in [0.3, 0.4) is 0 Å². The van der Waals surface area contributed by atoms with Gasteiger partial charge in [0.1, 0.15) is 5.75 Å². The Morgan fingerprint density at radius 2 is 2.23 bits per heavy atom. The van der Waals surface area contributed by atoms with Crippen LogP contribution in [0.5, 0.6) is 5.75 Å². The number of hydrogen-bond donors (Lipinski definition) is 1. The molecule has 0 fully saturated rings. The van der Waals surface area contributed by atoms with Gasteiger partial charge < -0.3 is 9.94 Å². The molecule has 1 aromatic carbocycles. The van der Waals surface area contributed by atoms with E-state index < -0.39 is 0 Å². The zero-order valence-corrected chi connectivity index (χ0v) is 9.00. The highest BCUT2D eigenvalue weighted by Crippen LogP contribution is 2.23. The predicted octanol–water partition coefficient (Wildman–Crippen LogP) is 2.66. The Morgan fingerprint density at radius 1 is 1.54 bits per heavy atom. The molecule has 1 rings (SSSR count). The molecule has 0 aliphatic heterocycles. The fourth-order valence-corrected chi connectivity index (χ4v) is 1.38. The van der Waals surface area contributed by atoms with Crippen molar-refractivity contribution in [3.8, 4) is 5.75 Å². The van der Waals surface area contributed by atoms with Crippen LogP contribution in [0, 0.1) is 0 Å². The van der Waals surface area contributed by atoms with E-state index in [1.54, 1.807) is 14.0 Å². The minimum Gasteiger partial charge on any atom is -0.496 e. The third-order valence-electron chi connectivity index (χ3n) is 1.70. The molecule has 1 N–H and O–H groups in total. The average molecular weight is 244 g/mol. The molecule has 0 unspecified atom stereocenters. The van der Waals surface area contributed by atoms with Crippen LogP contribution < -0.4 is 4.74 Å². The highest BCUT2D eigenvalue weighted by Gasteiger charge is 2.06. The normalized spacial score (nSPS) is 11.5. The SMILES string of the molecule is COc1ccc(Br)cc1C(C)=NO. The zero-order valence-electron chi connectivity index (χ0n) is 7.41. The minimum absolute atomic E-state index is 0.526. The van der Waals surface area contributed by atoms with Crippen LogP contribution in [0.2, 0.25) is 0 Å². The Bertz CT molecular complexity index is 336. The summed E-state index contributed by atoms with van der Waals surface area (Å²) in [6.07, 6.45) is 0. The standard InChI is InChI=1S/C9H10BrNO2/c1-6(11-12)8-5-7(10)3-4-9(8)13-2/h3-5,12H,1-2H3. The summed E-state index contributed by atoms with van der Waals surface area (Å²) in [5, 5.41) is 11.7. The highest BCUT2D eigenvalue weighted by molar-refractivity contribution is 9.10. The van der Waals surface area contributed by atoms with Crippen molar-refractivity contribution in [3.63, 3.8) is 0 Å². The Morgan fingerprint density at radius 3 is 2.77 bits per heavy atom. The van der Waals surface area contributed by atoms with Crippen LogP contribution in [0.1, 0.15) is 12.5 Å². The second-order valence-electron chi connectivity index (χ2n) is 2.53. The van der Waals surface area contributed by atoms with Gasteiger partial charge in [-0.05, 0) is 25.1 Å². The van der Waals surface area contributed by atoms with Crippen molar-refractivity contribution < 1.29 is 9.94 Å². The topological polar surface area (TPSA) is 41.8 Å². The van der Waals surface area contributed by atoms with Gasteiger partial charge in [-0.25, -0.2) is 0 Å². The Labute approximate surface area is 85.2 Å². The summed E-state index contributed by atoms with van der Waals surface area (Å²) in [4.78, 5) is 0. The van der Waals surface area contributed by atoms with E-state index in [0.29, 0.717) is 11.5 Å². The molecule has 0 amide bonds. The molecule has 0 spiro atoms. The van der Waals surface area contributed by atoms with Crippen LogP contribution in [0.15, 0.2) is 27.8 Å². The predicted molar refractivity (Wildman–Crippen MR) is 54.7 cm³/mol. The first-order chi connectivity index (χ1) is 6.19. The van der Waals surface area contributed by atoms with E-state index in [-0.39, 0.29) is 0 Å². The highest BCUT2D eigenvalue weighted by atomic mass is 79.9. The van der Waals surface area contributed by atoms with Crippen molar-refractivity contribution in [2.24, 2.45) is 5.16 Å². The lowest BCUT2D eigenvalue weighted by Gasteiger charge is -2.06. The molecule has 0 aromatic heterocycles. The lowest BCUT2D eigenvalue weighted by atomic mass is 10.1. The van der Waals surface area contributed by atoms with Gasteiger partial charge in [0.05, 0.1) is 12.8 Å². The zero-order chi connectivity index (χ0) is 9.84. The molecule has 4 heteroatoms. The third-order valence-corrected chi connectivity index (χ3v) is 2.19. The Hall–Kier alpha value is -1.03. The first-order valence-electron chi connectivity index (χ1n) is 3.71. The molecular weight excluding hydrogens is 234 g/mol. The van der Waals surface area contributed by atoms with Crippen molar-refractivity contribution in [1.29, 1.82) is 0 Å². The summed E-state index contributed by atoms with van der Waals surface area (Å²) < 4.78 is 6.03. The van der Waals surface area contributed by atoms with Gasteiger partial charge in [0.2, 0.25) is 0 Å². The molecule has 0 atom stereocenters. The maximum atomic E-state index is 8.62. The lowest BCUT2D eigenvalue weighted by Crippen LogP contribution is -1.98. The van der Waals surface area contributed by atoms with Crippen molar-refractivity contribution in [1.82, 2.24) is 0 Å². The van der Waals surface area contributed by atoms with Gasteiger partial charge in [0.15, 0.2) is 0 Å². The molecule has 0 heterocycles. The van der Waals surface area contributed by atoms with Crippen LogP contribution in [0.4, 0.5) is 0 Å². The molecule has 0 radical (unpaired) electrons. The van der Waals surface area contributed by atoms with E-state index in [1.807, 2.05) is 18.2 Å². The number of halogens is 1. The molecule has 70 valence electrons. The summed E-state index contributed by atoms with van der Waals surface area (Å²) in [5.74, 6) is 0.693. The molecule has 0 aliphatic carbocycles. The molecule has 1 aromatic rings. The van der Waals surface area contributed by atoms with E-state index in [2.05, 4.69) is 21.1 Å². The van der Waals surface area contributed by atoms with Crippen LogP contribution in [0.25, 0.3) is 0 Å². The van der Waals surface area contributed by atoms with E-state index in [0.717, 1.165) is 10.0 Å². The summed E-state index contributed by atoms with van der Waals surface area (Å²) in [6, 6.07) is 5.52. The first kappa shape index (κ1) is 10.1. The molecular formula is C9H10BrNO2. The molecule has 0 saturated heterocycles. The van der Waals surface area contributed by atoms with Crippen LogP contribution in [-0.4, -0.2) is 18.0 Å². The van der Waals surface area contributed by atoms with Crippen LogP contribution in [-0.2, 0) is 0 Å². The molecule has 13 heavy (non-hydrogen) atoms. The van der Waals surface area contributed by atoms with Gasteiger partial charge in [-0.3, -0.25) is 0 Å². The number of nitrogens with zero attached hydrogens (tertiary/aromatic N) is 1. The molecule has 0 saturated carbocycles. The van der Waals surface area contributed by atoms with Gasteiger partial charge in [0.25, 0.3) is 0 Å². The maximum Gasteiger partial charge on any atom is 0.128 e. The summed E-state index contributed by atoms with van der Waals surface area (Å²) in [6.45, 7) is 1.71. The molecule has 0 aliphatic rings. The minimum atomic E-state index is 0.526. The van der Waals surface area contributed by atoms with Gasteiger partial charge in [-0.15, -0.1) is 0 Å². The number of rotatable bonds is 2. The second-order valence-corrected chi connectivity index (χ2v) is 3.45. The smallest absolute Gasteiger partial charge is 0.128 e. The summed E-state index contributed by atoms with van der Waals surface area (Å²) in [5.41, 5.74) is 1.30. The largest absolute Gasteiger partial charge is 0.496 e. The Kier molecular flexibility index (Phi) is 3.31. The van der Waals surface area contributed by atoms with E-state index in [1.165, 1.54) is 0 Å². The second kappa shape index (κ2) is 4.28. The molecule has 0 bridgehead atoms. The fourth-order valence-electron chi connectivity index (χ4n) is 1.02. The molecule has 3 nitrogen and oxygen atoms in total. The van der Waals surface area contributed by atoms with Crippen molar-refractivity contribution in [2.45, 2.75) is 6.92 Å². The van der Waals surface area contributed by atoms with Gasteiger partial charge in [-0.1, -0.05) is 21.1 Å². The number of oxime groups is 1. The van der Waals surface area contributed by atoms with Gasteiger partial charge in [0, 0.05) is 10.0 Å². The van der Waals surface area contributed by atoms with E-state index in [9.17, 15) is 0 Å². The number of benzene rings is 1. The monoisotopic (exact) mass is 243 g/mol. The van der Waals surface area contributed by atoms with Gasteiger partial charge >= 0.3 is 0 Å². The number of ether oxygens (including phenoxy) is 1. The van der Waals surface area contributed by atoms with Crippen molar-refractivity contribution >= 4 is 21.6 Å².